The molecule has 2 aromatic heterocycles. The summed E-state index contributed by atoms with van der Waals surface area (Å²) < 4.78 is 61.0. The molecule has 3 aromatic carbocycles. The molecule has 2 amide bonds. The number of ether oxygens (including phenoxy) is 1. The number of anilines is 2. The van der Waals surface area contributed by atoms with Crippen LogP contribution in [0.5, 0.6) is 0 Å². The van der Waals surface area contributed by atoms with Crippen LogP contribution in [0.25, 0.3) is 16.7 Å². The van der Waals surface area contributed by atoms with Crippen LogP contribution in [0.2, 0.25) is 0 Å². The van der Waals surface area contributed by atoms with E-state index in [1.54, 1.807) is 11.9 Å². The zero-order chi connectivity index (χ0) is 60.1. The number of carbonyl (C=O) groups excluding carboxylic acids is 2. The molecule has 0 spiro atoms. The summed E-state index contributed by atoms with van der Waals surface area (Å²) in [7, 11) is -14.3. The van der Waals surface area contributed by atoms with Gasteiger partial charge in [-0.1, -0.05) is 51.8 Å². The SMILES string of the molecule is CCN1c2cc3c(cc2C(C)CC1(C)C)C(c1ccccc1C(=O)N(C)CCCC(=O)NCCCCCCNP(=O)(O)OP(=O)(O)OP(=O)(O)OC[C@H]1O[C@@H](n2cnc4c(N)ncnc42)C[C@@H]1O)=c1cc2c4c(c1C3(C)C)CCC[N+]=4CCC2. The number of unbranched alkanes of at least 4 members (excludes halogenated alkanes) is 3. The second-order valence-corrected chi connectivity index (χ2v) is 28.9. The maximum atomic E-state index is 14.8. The molecule has 4 aliphatic heterocycles. The van der Waals surface area contributed by atoms with Crippen LogP contribution < -0.4 is 36.2 Å². The number of hydrogen-bond acceptors (Lipinski definition) is 15. The van der Waals surface area contributed by atoms with Crippen molar-refractivity contribution in [3.8, 4) is 0 Å². The molecule has 10 rings (SSSR count). The van der Waals surface area contributed by atoms with Gasteiger partial charge < -0.3 is 45.4 Å². The molecule has 23 nitrogen and oxygen atoms in total. The quantitative estimate of drug-likeness (QED) is 0.0206. The molecule has 6 heterocycles. The van der Waals surface area contributed by atoms with Crippen LogP contribution in [0.4, 0.5) is 11.5 Å². The zero-order valence-corrected chi connectivity index (χ0v) is 51.6. The van der Waals surface area contributed by atoms with Crippen LogP contribution in [0.1, 0.15) is 167 Å². The summed E-state index contributed by atoms with van der Waals surface area (Å²) >= 11 is 0. The Labute approximate surface area is 489 Å². The average Bonchev–Trinajstić information content (AvgIpc) is 0.972. The van der Waals surface area contributed by atoms with Crippen molar-refractivity contribution in [1.29, 1.82) is 0 Å². The number of aliphatic hydroxyl groups is 1. The molecule has 5 aromatic rings. The molecule has 454 valence electrons. The Morgan fingerprint density at radius 3 is 2.43 bits per heavy atom. The third-order valence-electron chi connectivity index (χ3n) is 17.3. The lowest BCUT2D eigenvalue weighted by atomic mass is 9.64. The molecule has 84 heavy (non-hydrogen) atoms. The molecule has 26 heteroatoms. The van der Waals surface area contributed by atoms with Crippen molar-refractivity contribution in [2.24, 2.45) is 0 Å². The van der Waals surface area contributed by atoms with Crippen LogP contribution in [0, 0.1) is 0 Å². The van der Waals surface area contributed by atoms with E-state index < -0.39 is 48.4 Å². The maximum absolute atomic E-state index is 14.8. The Morgan fingerprint density at radius 2 is 1.67 bits per heavy atom. The van der Waals surface area contributed by atoms with E-state index in [4.69, 9.17) is 15.0 Å². The molecule has 0 bridgehead atoms. The molecule has 0 saturated carbocycles. The van der Waals surface area contributed by atoms with Gasteiger partial charge in [-0.05, 0) is 128 Å². The molecule has 1 aliphatic carbocycles. The number of aliphatic hydroxyl groups excluding tert-OH is 1. The Balaban J connectivity index is 0.696. The lowest BCUT2D eigenvalue weighted by Crippen LogP contribution is -2.50. The van der Waals surface area contributed by atoms with Gasteiger partial charge in [0.2, 0.25) is 11.3 Å². The van der Waals surface area contributed by atoms with Gasteiger partial charge >= 0.3 is 23.4 Å². The second-order valence-electron chi connectivity index (χ2n) is 24.1. The minimum atomic E-state index is -5.67. The number of nitrogens with zero attached hydrogens (tertiary/aromatic N) is 7. The lowest BCUT2D eigenvalue weighted by Gasteiger charge is -2.48. The van der Waals surface area contributed by atoms with E-state index in [0.717, 1.165) is 62.9 Å². The summed E-state index contributed by atoms with van der Waals surface area (Å²) in [4.78, 5) is 74.7. The fourth-order valence-electron chi connectivity index (χ4n) is 13.6. The lowest BCUT2D eigenvalue weighted by molar-refractivity contribution is -0.121. The predicted octanol–water partition coefficient (Wildman–Crippen LogP) is 6.61. The third-order valence-corrected chi connectivity index (χ3v) is 21.8. The number of aromatic nitrogens is 4. The van der Waals surface area contributed by atoms with E-state index in [1.807, 2.05) is 18.2 Å². The van der Waals surface area contributed by atoms with Crippen molar-refractivity contribution >= 4 is 63.4 Å². The van der Waals surface area contributed by atoms with Gasteiger partial charge in [-0.25, -0.2) is 38.3 Å². The van der Waals surface area contributed by atoms with E-state index >= 15 is 0 Å². The summed E-state index contributed by atoms with van der Waals surface area (Å²) in [5.74, 6) is 0.219. The largest absolute Gasteiger partial charge is 0.489 e. The number of imidazole rings is 1. The van der Waals surface area contributed by atoms with Crippen LogP contribution in [0.15, 0.2) is 55.1 Å². The van der Waals surface area contributed by atoms with Gasteiger partial charge in [0.05, 0.1) is 19.0 Å². The second kappa shape index (κ2) is 24.5. The van der Waals surface area contributed by atoms with Crippen molar-refractivity contribution in [1.82, 2.24) is 39.4 Å². The van der Waals surface area contributed by atoms with Gasteiger partial charge in [-0.3, -0.25) is 18.7 Å². The molecule has 1 fully saturated rings. The summed E-state index contributed by atoms with van der Waals surface area (Å²) in [5, 5.41) is 18.3. The summed E-state index contributed by atoms with van der Waals surface area (Å²) in [6, 6.07) is 15.5. The number of rotatable bonds is 23. The smallest absolute Gasteiger partial charge is 0.390 e. The normalized spacial score (nSPS) is 22.5. The van der Waals surface area contributed by atoms with Crippen molar-refractivity contribution in [2.75, 3.05) is 63.6 Å². The Morgan fingerprint density at radius 1 is 0.929 bits per heavy atom. The number of fused-ring (bicyclic) bond motifs is 5. The number of nitrogens with two attached hydrogens (primary N) is 1. The minimum absolute atomic E-state index is 0.00428. The number of nitrogens with one attached hydrogen (secondary N) is 2. The molecule has 8 N–H and O–H groups in total. The van der Waals surface area contributed by atoms with E-state index in [1.165, 1.54) is 66.9 Å². The van der Waals surface area contributed by atoms with Crippen molar-refractivity contribution < 1.29 is 61.0 Å². The topological polar surface area (TPSA) is 306 Å². The van der Waals surface area contributed by atoms with E-state index in [9.17, 15) is 43.1 Å². The van der Waals surface area contributed by atoms with Crippen LogP contribution in [-0.2, 0) is 54.6 Å². The first-order valence-electron chi connectivity index (χ1n) is 29.3. The van der Waals surface area contributed by atoms with Crippen molar-refractivity contribution in [2.45, 2.75) is 154 Å². The van der Waals surface area contributed by atoms with Gasteiger partial charge in [-0.2, -0.15) is 8.62 Å². The number of phosphoric acid groups is 2. The number of benzene rings is 3. The van der Waals surface area contributed by atoms with Crippen LogP contribution in [-0.4, -0.2) is 127 Å². The summed E-state index contributed by atoms with van der Waals surface area (Å²) in [6.07, 6.45) is 7.45. The number of amides is 2. The van der Waals surface area contributed by atoms with Gasteiger partial charge in [-0.15, -0.1) is 0 Å². The molecular weight excluding hydrogens is 1140 g/mol. The number of phosphoric ester groups is 1. The number of aryl methyl sites for hydroxylation is 1. The molecule has 5 aliphatic rings. The Bertz CT molecular complexity index is 3650. The van der Waals surface area contributed by atoms with Gasteiger partial charge in [0.15, 0.2) is 11.5 Å². The highest BCUT2D eigenvalue weighted by atomic mass is 31.3. The zero-order valence-electron chi connectivity index (χ0n) is 49.0. The first kappa shape index (κ1) is 61.8. The highest BCUT2D eigenvalue weighted by Gasteiger charge is 2.45. The monoisotopic (exact) mass is 1220 g/mol. The molecular formula is C58H80N10O13P3+. The highest BCUT2D eigenvalue weighted by Crippen LogP contribution is 2.66. The molecule has 1 saturated heterocycles. The minimum Gasteiger partial charge on any atom is -0.390 e. The van der Waals surface area contributed by atoms with Crippen molar-refractivity contribution in [3.05, 3.63) is 110 Å². The summed E-state index contributed by atoms with van der Waals surface area (Å²) in [5.41, 5.74) is 18.2. The van der Waals surface area contributed by atoms with E-state index in [2.05, 4.69) is 109 Å². The highest BCUT2D eigenvalue weighted by molar-refractivity contribution is 7.67. The number of nitrogen functional groups attached to an aromatic ring is 1. The standard InChI is InChI=1S/C58H79N10O13P3/c1-8-68-45-30-44-42(29-41(45)36(2)32-57(68,3)4)50(43-28-37-18-15-26-66-27-16-21-40(53(37)66)51(43)58(44,5)6)38-19-11-12-20-39(38)56(71)65(7)25-17-22-48(70)60-23-13-9-10-14-24-64-82(72,73)80-84(76,77)81-83(74,75)78-33-47-46(69)31-49(79-47)67-35-63-52-54(59)61-34-62-55(52)67/h11-12,19-20,28-30,34-36,46-47,49,69H,8-10,13-18,21-27,31-33H2,1-7H3,(H6-,59,60,61,62,64,70,72,73,74,75,76,77)/p+1/t36?,46-,47+,49+/m0/s1. The van der Waals surface area contributed by atoms with Gasteiger partial charge in [0.1, 0.15) is 37.3 Å². The molecule has 7 atom stereocenters. The van der Waals surface area contributed by atoms with Crippen molar-refractivity contribution in [3.63, 3.8) is 0 Å². The fourth-order valence-corrected chi connectivity index (χ4v) is 17.4. The van der Waals surface area contributed by atoms with Gasteiger partial charge in [0.25, 0.3) is 5.91 Å². The Hall–Kier alpha value is -5.25. The number of carbonyl (C=O) groups is 2. The average molecular weight is 1220 g/mol. The first-order chi connectivity index (χ1) is 39.8. The molecule has 4 unspecified atom stereocenters. The molecule has 0 radical (unpaired) electrons. The predicted molar refractivity (Wildman–Crippen MR) is 318 cm³/mol. The van der Waals surface area contributed by atoms with Crippen LogP contribution >= 0.6 is 23.4 Å². The Kier molecular flexibility index (Phi) is 18.0. The first-order valence-corrected chi connectivity index (χ1v) is 33.8. The maximum Gasteiger partial charge on any atom is 0.489 e. The third kappa shape index (κ3) is 12.8. The summed E-state index contributed by atoms with van der Waals surface area (Å²) in [6.45, 7) is 17.1. The van der Waals surface area contributed by atoms with E-state index in [-0.39, 0.29) is 48.0 Å². The number of hydrogen-bond donors (Lipinski definition) is 7. The van der Waals surface area contributed by atoms with E-state index in [0.29, 0.717) is 67.8 Å². The van der Waals surface area contributed by atoms with Crippen LogP contribution in [0.3, 0.4) is 0 Å². The van der Waals surface area contributed by atoms with Gasteiger partial charge in [0, 0.05) is 92.2 Å². The fraction of sp³-hybridized carbons (Fsp3) is 0.552.